The van der Waals surface area contributed by atoms with Crippen molar-refractivity contribution in [3.63, 3.8) is 0 Å². The van der Waals surface area contributed by atoms with Gasteiger partial charge in [0.15, 0.2) is 0 Å². The van der Waals surface area contributed by atoms with E-state index in [9.17, 15) is 0 Å². The van der Waals surface area contributed by atoms with E-state index in [0.29, 0.717) is 0 Å². The van der Waals surface area contributed by atoms with E-state index in [2.05, 4.69) is 23.0 Å². The van der Waals surface area contributed by atoms with Crippen molar-refractivity contribution in [2.75, 3.05) is 0 Å². The zero-order chi connectivity index (χ0) is 7.68. The predicted octanol–water partition coefficient (Wildman–Crippen LogP) is 2.32. The number of aromatic nitrogens is 2. The molecular weight excluding hydrogens is 136 g/mol. The van der Waals surface area contributed by atoms with Crippen molar-refractivity contribution in [2.24, 2.45) is 0 Å². The second kappa shape index (κ2) is 2.31. The van der Waals surface area contributed by atoms with E-state index in [-0.39, 0.29) is 0 Å². The molecule has 0 aliphatic heterocycles. The number of H-pyrrole nitrogens is 2. The van der Waals surface area contributed by atoms with Crippen molar-refractivity contribution in [1.29, 1.82) is 0 Å². The summed E-state index contributed by atoms with van der Waals surface area (Å²) in [6.07, 6.45) is 3.92. The quantitative estimate of drug-likeness (QED) is 0.618. The molecular formula is C9H10N2. The molecule has 0 spiro atoms. The van der Waals surface area contributed by atoms with Gasteiger partial charge in [-0.1, -0.05) is 0 Å². The number of nitrogens with one attached hydrogen (secondary N) is 2. The number of aryl methyl sites for hydroxylation is 1. The van der Waals surface area contributed by atoms with Gasteiger partial charge >= 0.3 is 0 Å². The number of hydrogen-bond acceptors (Lipinski definition) is 0. The van der Waals surface area contributed by atoms with Crippen molar-refractivity contribution < 1.29 is 0 Å². The maximum atomic E-state index is 3.18. The molecule has 11 heavy (non-hydrogen) atoms. The van der Waals surface area contributed by atoms with Gasteiger partial charge in [-0.2, -0.15) is 0 Å². The van der Waals surface area contributed by atoms with Crippen LogP contribution in [0.15, 0.2) is 30.6 Å². The fourth-order valence-electron chi connectivity index (χ4n) is 1.16. The van der Waals surface area contributed by atoms with Crippen molar-refractivity contribution in [3.8, 4) is 11.4 Å². The normalized spacial score (nSPS) is 10.3. The highest BCUT2D eigenvalue weighted by atomic mass is 14.8. The van der Waals surface area contributed by atoms with Gasteiger partial charge in [0.1, 0.15) is 0 Å². The summed E-state index contributed by atoms with van der Waals surface area (Å²) in [5.41, 5.74) is 3.54. The molecule has 2 nitrogen and oxygen atoms in total. The maximum Gasteiger partial charge on any atom is 0.0622 e. The molecule has 0 unspecified atom stereocenters. The zero-order valence-corrected chi connectivity index (χ0v) is 6.39. The lowest BCUT2D eigenvalue weighted by Crippen LogP contribution is -1.73. The third kappa shape index (κ3) is 1.07. The summed E-state index contributed by atoms with van der Waals surface area (Å²) in [5.74, 6) is 0. The Morgan fingerprint density at radius 2 is 2.09 bits per heavy atom. The van der Waals surface area contributed by atoms with Crippen molar-refractivity contribution in [2.45, 2.75) is 6.92 Å². The third-order valence-corrected chi connectivity index (χ3v) is 1.72. The summed E-state index contributed by atoms with van der Waals surface area (Å²) in [6, 6.07) is 6.16. The van der Waals surface area contributed by atoms with Crippen LogP contribution in [0.1, 0.15) is 5.56 Å². The SMILES string of the molecule is Cc1c[nH]c(-c2ccc[nH]2)c1. The lowest BCUT2D eigenvalue weighted by atomic mass is 10.3. The lowest BCUT2D eigenvalue weighted by Gasteiger charge is -1.88. The fraction of sp³-hybridized carbons (Fsp3) is 0.111. The zero-order valence-electron chi connectivity index (χ0n) is 6.39. The maximum absolute atomic E-state index is 3.18. The lowest BCUT2D eigenvalue weighted by molar-refractivity contribution is 1.32. The van der Waals surface area contributed by atoms with Crippen LogP contribution >= 0.6 is 0 Å². The largest absolute Gasteiger partial charge is 0.360 e. The number of hydrogen-bond donors (Lipinski definition) is 2. The molecule has 0 atom stereocenters. The highest BCUT2D eigenvalue weighted by Crippen LogP contribution is 2.15. The number of rotatable bonds is 1. The first-order valence-corrected chi connectivity index (χ1v) is 3.65. The molecule has 0 aromatic carbocycles. The van der Waals surface area contributed by atoms with Crippen LogP contribution < -0.4 is 0 Å². The van der Waals surface area contributed by atoms with Gasteiger partial charge in [-0.25, -0.2) is 0 Å². The summed E-state index contributed by atoms with van der Waals surface area (Å²) in [6.45, 7) is 2.07. The minimum absolute atomic E-state index is 1.14. The minimum atomic E-state index is 1.14. The second-order valence-corrected chi connectivity index (χ2v) is 2.67. The molecule has 0 radical (unpaired) electrons. The second-order valence-electron chi connectivity index (χ2n) is 2.67. The Kier molecular flexibility index (Phi) is 1.32. The van der Waals surface area contributed by atoms with Crippen LogP contribution in [0.25, 0.3) is 11.4 Å². The summed E-state index contributed by atoms with van der Waals surface area (Å²) < 4.78 is 0. The minimum Gasteiger partial charge on any atom is -0.360 e. The summed E-state index contributed by atoms with van der Waals surface area (Å²) >= 11 is 0. The van der Waals surface area contributed by atoms with Crippen LogP contribution in [0, 0.1) is 6.92 Å². The van der Waals surface area contributed by atoms with Gasteiger partial charge in [0.05, 0.1) is 11.4 Å². The van der Waals surface area contributed by atoms with Crippen molar-refractivity contribution in [3.05, 3.63) is 36.2 Å². The molecule has 0 amide bonds. The molecule has 0 aliphatic carbocycles. The Balaban J connectivity index is 2.45. The topological polar surface area (TPSA) is 31.6 Å². The van der Waals surface area contributed by atoms with E-state index in [1.165, 1.54) is 5.56 Å². The molecule has 2 N–H and O–H groups in total. The highest BCUT2D eigenvalue weighted by molar-refractivity contribution is 5.55. The van der Waals surface area contributed by atoms with E-state index < -0.39 is 0 Å². The van der Waals surface area contributed by atoms with Gasteiger partial charge in [-0.05, 0) is 30.7 Å². The molecule has 0 saturated carbocycles. The molecule has 2 aromatic rings. The standard InChI is InChI=1S/C9H10N2/c1-7-5-9(11-6-7)8-3-2-4-10-8/h2-6,10-11H,1H3. The van der Waals surface area contributed by atoms with Crippen molar-refractivity contribution >= 4 is 0 Å². The molecule has 0 saturated heterocycles. The van der Waals surface area contributed by atoms with E-state index in [1.54, 1.807) is 0 Å². The van der Waals surface area contributed by atoms with E-state index in [1.807, 2.05) is 24.5 Å². The summed E-state index contributed by atoms with van der Waals surface area (Å²) in [7, 11) is 0. The monoisotopic (exact) mass is 146 g/mol. The van der Waals surface area contributed by atoms with Crippen LogP contribution in [-0.4, -0.2) is 9.97 Å². The molecule has 0 aliphatic rings. The van der Waals surface area contributed by atoms with Crippen molar-refractivity contribution in [1.82, 2.24) is 9.97 Å². The van der Waals surface area contributed by atoms with Gasteiger partial charge in [0.25, 0.3) is 0 Å². The molecule has 2 heteroatoms. The molecule has 2 aromatic heterocycles. The molecule has 2 heterocycles. The van der Waals surface area contributed by atoms with Gasteiger partial charge in [-0.15, -0.1) is 0 Å². The Hall–Kier alpha value is -1.44. The van der Waals surface area contributed by atoms with Crippen LogP contribution in [-0.2, 0) is 0 Å². The summed E-state index contributed by atoms with van der Waals surface area (Å²) in [4.78, 5) is 6.31. The third-order valence-electron chi connectivity index (χ3n) is 1.72. The Morgan fingerprint density at radius 3 is 2.64 bits per heavy atom. The van der Waals surface area contributed by atoms with Crippen LogP contribution in [0.3, 0.4) is 0 Å². The van der Waals surface area contributed by atoms with E-state index in [0.717, 1.165) is 11.4 Å². The predicted molar refractivity (Wildman–Crippen MR) is 45.3 cm³/mol. The van der Waals surface area contributed by atoms with Gasteiger partial charge in [-0.3, -0.25) is 0 Å². The first-order valence-electron chi connectivity index (χ1n) is 3.65. The summed E-state index contributed by atoms with van der Waals surface area (Å²) in [5, 5.41) is 0. The molecule has 2 rings (SSSR count). The van der Waals surface area contributed by atoms with Crippen LogP contribution in [0.4, 0.5) is 0 Å². The first-order chi connectivity index (χ1) is 5.36. The Morgan fingerprint density at radius 1 is 1.18 bits per heavy atom. The van der Waals surface area contributed by atoms with Gasteiger partial charge in [0, 0.05) is 12.4 Å². The molecule has 0 bridgehead atoms. The average molecular weight is 146 g/mol. The molecule has 0 fully saturated rings. The van der Waals surface area contributed by atoms with Crippen LogP contribution in [0.2, 0.25) is 0 Å². The highest BCUT2D eigenvalue weighted by Gasteiger charge is 1.97. The van der Waals surface area contributed by atoms with Crippen LogP contribution in [0.5, 0.6) is 0 Å². The fourth-order valence-corrected chi connectivity index (χ4v) is 1.16. The Bertz CT molecular complexity index is 330. The Labute approximate surface area is 65.3 Å². The first kappa shape index (κ1) is 6.28. The van der Waals surface area contributed by atoms with Gasteiger partial charge in [0.2, 0.25) is 0 Å². The molecule has 56 valence electrons. The van der Waals surface area contributed by atoms with E-state index in [4.69, 9.17) is 0 Å². The van der Waals surface area contributed by atoms with Gasteiger partial charge < -0.3 is 9.97 Å². The average Bonchev–Trinajstić information content (AvgIpc) is 2.55. The number of aromatic amines is 2. The smallest absolute Gasteiger partial charge is 0.0622 e. The van der Waals surface area contributed by atoms with E-state index >= 15 is 0 Å².